The Kier molecular flexibility index (Phi) is 3.92. The molecule has 0 spiro atoms. The van der Waals surface area contributed by atoms with Gasteiger partial charge in [-0.3, -0.25) is 4.98 Å². The van der Waals surface area contributed by atoms with Gasteiger partial charge in [0.15, 0.2) is 0 Å². The van der Waals surface area contributed by atoms with E-state index in [0.717, 1.165) is 53.6 Å². The van der Waals surface area contributed by atoms with Crippen molar-refractivity contribution in [3.05, 3.63) is 33.7 Å². The van der Waals surface area contributed by atoms with Crippen LogP contribution >= 0.6 is 15.9 Å². The van der Waals surface area contributed by atoms with Crippen molar-refractivity contribution in [3.8, 4) is 0 Å². The van der Waals surface area contributed by atoms with Crippen LogP contribution < -0.4 is 5.32 Å². The molecule has 1 aliphatic rings. The fraction of sp³-hybridized carbons (Fsp3) is 0.438. The second-order valence-corrected chi connectivity index (χ2v) is 6.15. The highest BCUT2D eigenvalue weighted by atomic mass is 79.9. The van der Waals surface area contributed by atoms with Gasteiger partial charge in [0.25, 0.3) is 0 Å². The molecule has 0 fully saturated rings. The molecule has 0 saturated heterocycles. The van der Waals surface area contributed by atoms with Gasteiger partial charge in [-0.05, 0) is 65.7 Å². The average molecular weight is 337 g/mol. The first-order valence-electron chi connectivity index (χ1n) is 7.25. The Morgan fingerprint density at radius 3 is 2.90 bits per heavy atom. The molecule has 2 nitrogen and oxygen atoms in total. The van der Waals surface area contributed by atoms with E-state index in [2.05, 4.69) is 28.2 Å². The van der Waals surface area contributed by atoms with Gasteiger partial charge in [-0.1, -0.05) is 6.92 Å². The van der Waals surface area contributed by atoms with Crippen molar-refractivity contribution in [1.29, 1.82) is 0 Å². The molecule has 0 saturated carbocycles. The molecule has 0 unspecified atom stereocenters. The molecule has 1 N–H and O–H groups in total. The third-order valence-electron chi connectivity index (χ3n) is 3.87. The number of rotatable bonds is 3. The molecular formula is C16H18BrFN2. The van der Waals surface area contributed by atoms with Crippen LogP contribution in [0.3, 0.4) is 0 Å². The predicted molar refractivity (Wildman–Crippen MR) is 84.8 cm³/mol. The number of hydrogen-bond donors (Lipinski definition) is 1. The van der Waals surface area contributed by atoms with Crippen molar-refractivity contribution in [1.82, 2.24) is 4.98 Å². The van der Waals surface area contributed by atoms with Crippen LogP contribution in [0, 0.1) is 5.82 Å². The Bertz CT molecular complexity index is 655. The maximum Gasteiger partial charge on any atom is 0.134 e. The number of nitrogens with one attached hydrogen (secondary N) is 1. The molecule has 3 rings (SSSR count). The standard InChI is InChI=1S/C16H18BrFN2/c1-2-9-19-15-10-5-3-4-6-13(10)20-16-11(17)7-8-12(18)14(15)16/h7-8H,2-6,9H2,1H3,(H,19,20). The largest absolute Gasteiger partial charge is 0.384 e. The highest BCUT2D eigenvalue weighted by molar-refractivity contribution is 9.10. The van der Waals surface area contributed by atoms with Crippen LogP contribution in [0.25, 0.3) is 10.9 Å². The number of halogens is 2. The second kappa shape index (κ2) is 5.68. The first kappa shape index (κ1) is 13.8. The van der Waals surface area contributed by atoms with Crippen LogP contribution in [0.5, 0.6) is 0 Å². The van der Waals surface area contributed by atoms with Gasteiger partial charge in [-0.25, -0.2) is 4.39 Å². The monoisotopic (exact) mass is 336 g/mol. The van der Waals surface area contributed by atoms with Crippen LogP contribution in [-0.2, 0) is 12.8 Å². The highest BCUT2D eigenvalue weighted by Crippen LogP contribution is 2.37. The molecule has 1 aliphatic carbocycles. The SMILES string of the molecule is CCCNc1c2c(nc3c(Br)ccc(F)c13)CCCC2. The van der Waals surface area contributed by atoms with Crippen molar-refractivity contribution in [3.63, 3.8) is 0 Å². The summed E-state index contributed by atoms with van der Waals surface area (Å²) in [5.41, 5.74) is 4.05. The highest BCUT2D eigenvalue weighted by Gasteiger charge is 2.21. The summed E-state index contributed by atoms with van der Waals surface area (Å²) in [6.45, 7) is 2.98. The lowest BCUT2D eigenvalue weighted by atomic mass is 9.92. The Morgan fingerprint density at radius 2 is 2.10 bits per heavy atom. The summed E-state index contributed by atoms with van der Waals surface area (Å²) >= 11 is 3.50. The Labute approximate surface area is 126 Å². The quantitative estimate of drug-likeness (QED) is 0.867. The van der Waals surface area contributed by atoms with E-state index >= 15 is 0 Å². The zero-order valence-corrected chi connectivity index (χ0v) is 13.2. The summed E-state index contributed by atoms with van der Waals surface area (Å²) in [6, 6.07) is 3.25. The molecular weight excluding hydrogens is 319 g/mol. The van der Waals surface area contributed by atoms with Gasteiger partial charge in [-0.15, -0.1) is 0 Å². The molecule has 0 bridgehead atoms. The van der Waals surface area contributed by atoms with Crippen molar-refractivity contribution < 1.29 is 4.39 Å². The Balaban J connectivity index is 2.30. The molecule has 2 aromatic rings. The molecule has 1 aromatic carbocycles. The third kappa shape index (κ3) is 2.30. The van der Waals surface area contributed by atoms with E-state index in [1.54, 1.807) is 6.07 Å². The van der Waals surface area contributed by atoms with Crippen LogP contribution in [0.2, 0.25) is 0 Å². The summed E-state index contributed by atoms with van der Waals surface area (Å²) in [5, 5.41) is 4.07. The Morgan fingerprint density at radius 1 is 1.30 bits per heavy atom. The summed E-state index contributed by atoms with van der Waals surface area (Å²) in [7, 11) is 0. The fourth-order valence-electron chi connectivity index (χ4n) is 2.90. The zero-order valence-electron chi connectivity index (χ0n) is 11.6. The topological polar surface area (TPSA) is 24.9 Å². The summed E-state index contributed by atoms with van der Waals surface area (Å²) in [4.78, 5) is 4.72. The van der Waals surface area contributed by atoms with Crippen LogP contribution in [0.1, 0.15) is 37.4 Å². The second-order valence-electron chi connectivity index (χ2n) is 5.30. The number of benzene rings is 1. The lowest BCUT2D eigenvalue weighted by molar-refractivity contribution is 0.637. The maximum atomic E-state index is 14.3. The first-order chi connectivity index (χ1) is 9.72. The molecule has 4 heteroatoms. The van der Waals surface area contributed by atoms with E-state index in [4.69, 9.17) is 4.98 Å². The number of fused-ring (bicyclic) bond motifs is 2. The first-order valence-corrected chi connectivity index (χ1v) is 8.05. The van der Waals surface area contributed by atoms with Gasteiger partial charge in [0, 0.05) is 16.7 Å². The minimum absolute atomic E-state index is 0.192. The number of aromatic nitrogens is 1. The van der Waals surface area contributed by atoms with Gasteiger partial charge in [0.05, 0.1) is 16.6 Å². The summed E-state index contributed by atoms with van der Waals surface area (Å²) < 4.78 is 15.2. The lowest BCUT2D eigenvalue weighted by Crippen LogP contribution is -2.12. The van der Waals surface area contributed by atoms with Gasteiger partial charge < -0.3 is 5.32 Å². The summed E-state index contributed by atoms with van der Waals surface area (Å²) in [5.74, 6) is -0.192. The van der Waals surface area contributed by atoms with E-state index in [1.165, 1.54) is 18.1 Å². The third-order valence-corrected chi connectivity index (χ3v) is 4.51. The van der Waals surface area contributed by atoms with E-state index < -0.39 is 0 Å². The molecule has 0 aliphatic heterocycles. The van der Waals surface area contributed by atoms with Crippen molar-refractivity contribution in [2.45, 2.75) is 39.0 Å². The van der Waals surface area contributed by atoms with Crippen molar-refractivity contribution in [2.75, 3.05) is 11.9 Å². The van der Waals surface area contributed by atoms with Crippen LogP contribution in [-0.4, -0.2) is 11.5 Å². The normalized spacial score (nSPS) is 14.3. The fourth-order valence-corrected chi connectivity index (χ4v) is 3.32. The smallest absolute Gasteiger partial charge is 0.134 e. The van der Waals surface area contributed by atoms with E-state index in [1.807, 2.05) is 0 Å². The van der Waals surface area contributed by atoms with Crippen molar-refractivity contribution in [2.24, 2.45) is 0 Å². The van der Waals surface area contributed by atoms with Gasteiger partial charge in [0.1, 0.15) is 5.82 Å². The number of hydrogen-bond acceptors (Lipinski definition) is 2. The molecule has 20 heavy (non-hydrogen) atoms. The molecule has 0 amide bonds. The number of anilines is 1. The molecule has 1 heterocycles. The van der Waals surface area contributed by atoms with Gasteiger partial charge >= 0.3 is 0 Å². The molecule has 1 aromatic heterocycles. The van der Waals surface area contributed by atoms with Crippen LogP contribution in [0.4, 0.5) is 10.1 Å². The number of pyridine rings is 1. The van der Waals surface area contributed by atoms with Gasteiger partial charge in [-0.2, -0.15) is 0 Å². The summed E-state index contributed by atoms with van der Waals surface area (Å²) in [6.07, 6.45) is 5.35. The van der Waals surface area contributed by atoms with Crippen molar-refractivity contribution >= 4 is 32.5 Å². The molecule has 0 atom stereocenters. The molecule has 106 valence electrons. The van der Waals surface area contributed by atoms with E-state index in [0.29, 0.717) is 5.39 Å². The maximum absolute atomic E-state index is 14.3. The predicted octanol–water partition coefficient (Wildman–Crippen LogP) is 4.84. The minimum Gasteiger partial charge on any atom is -0.384 e. The number of nitrogens with zero attached hydrogens (tertiary/aromatic N) is 1. The minimum atomic E-state index is -0.192. The Hall–Kier alpha value is -1.16. The van der Waals surface area contributed by atoms with Gasteiger partial charge in [0.2, 0.25) is 0 Å². The average Bonchev–Trinajstić information content (AvgIpc) is 2.48. The molecule has 0 radical (unpaired) electrons. The van der Waals surface area contributed by atoms with E-state index in [-0.39, 0.29) is 5.82 Å². The van der Waals surface area contributed by atoms with Crippen LogP contribution in [0.15, 0.2) is 16.6 Å². The number of aryl methyl sites for hydroxylation is 1. The van der Waals surface area contributed by atoms with E-state index in [9.17, 15) is 4.39 Å². The lowest BCUT2D eigenvalue weighted by Gasteiger charge is -2.22. The zero-order chi connectivity index (χ0) is 14.1.